The summed E-state index contributed by atoms with van der Waals surface area (Å²) in [5.74, 6) is 2.86. The van der Waals surface area contributed by atoms with Gasteiger partial charge in [-0.2, -0.15) is 4.98 Å². The molecule has 7 nitrogen and oxygen atoms in total. The second-order valence-electron chi connectivity index (χ2n) is 5.43. The predicted molar refractivity (Wildman–Crippen MR) is 92.4 cm³/mol. The maximum atomic E-state index is 5.29. The number of furan rings is 1. The van der Waals surface area contributed by atoms with Gasteiger partial charge in [0.1, 0.15) is 5.82 Å². The largest absolute Gasteiger partial charge is 0.461 e. The number of benzene rings is 1. The highest BCUT2D eigenvalue weighted by molar-refractivity contribution is 7.98. The van der Waals surface area contributed by atoms with Crippen molar-refractivity contribution in [3.63, 3.8) is 0 Å². The third-order valence-corrected chi connectivity index (χ3v) is 4.60. The van der Waals surface area contributed by atoms with Crippen LogP contribution >= 0.6 is 11.8 Å². The lowest BCUT2D eigenvalue weighted by Crippen LogP contribution is -2.01. The third-order valence-electron chi connectivity index (χ3n) is 3.69. The van der Waals surface area contributed by atoms with Gasteiger partial charge in [0, 0.05) is 0 Å². The molecule has 3 aromatic heterocycles. The van der Waals surface area contributed by atoms with E-state index in [9.17, 15) is 0 Å². The quantitative estimate of drug-likeness (QED) is 0.504. The molecular weight excluding hydrogens is 338 g/mol. The Kier molecular flexibility index (Phi) is 4.10. The van der Waals surface area contributed by atoms with Crippen molar-refractivity contribution in [2.45, 2.75) is 24.8 Å². The number of hydrogen-bond donors (Lipinski definition) is 0. The molecule has 25 heavy (non-hydrogen) atoms. The molecule has 0 aliphatic rings. The number of aromatic nitrogens is 5. The van der Waals surface area contributed by atoms with E-state index in [1.54, 1.807) is 18.4 Å². The monoisotopic (exact) mass is 353 g/mol. The zero-order valence-corrected chi connectivity index (χ0v) is 14.5. The van der Waals surface area contributed by atoms with Gasteiger partial charge in [0.15, 0.2) is 10.9 Å². The Balaban J connectivity index is 1.56. The molecule has 0 radical (unpaired) electrons. The topological polar surface area (TPSA) is 82.8 Å². The van der Waals surface area contributed by atoms with E-state index in [0.717, 1.165) is 22.2 Å². The van der Waals surface area contributed by atoms with E-state index in [1.807, 2.05) is 23.6 Å². The number of hydrogen-bond acceptors (Lipinski definition) is 7. The Morgan fingerprint density at radius 2 is 1.96 bits per heavy atom. The lowest BCUT2D eigenvalue weighted by Gasteiger charge is -2.10. The molecule has 126 valence electrons. The van der Waals surface area contributed by atoms with Crippen molar-refractivity contribution in [2.75, 3.05) is 0 Å². The Hall–Kier alpha value is -2.87. The van der Waals surface area contributed by atoms with Crippen LogP contribution in [0.25, 0.3) is 17.3 Å². The number of rotatable bonds is 5. The van der Waals surface area contributed by atoms with Crippen LogP contribution in [-0.2, 0) is 5.75 Å². The predicted octanol–water partition coefficient (Wildman–Crippen LogP) is 3.82. The van der Waals surface area contributed by atoms with Crippen molar-refractivity contribution < 1.29 is 8.94 Å². The van der Waals surface area contributed by atoms with Crippen LogP contribution in [0, 0.1) is 13.8 Å². The second-order valence-corrected chi connectivity index (χ2v) is 6.37. The highest BCUT2D eigenvalue weighted by atomic mass is 32.2. The summed E-state index contributed by atoms with van der Waals surface area (Å²) in [6, 6.07) is 11.7. The molecule has 0 saturated heterocycles. The van der Waals surface area contributed by atoms with E-state index in [4.69, 9.17) is 8.94 Å². The van der Waals surface area contributed by atoms with Crippen molar-refractivity contribution >= 4 is 11.8 Å². The van der Waals surface area contributed by atoms with Gasteiger partial charge in [0.2, 0.25) is 11.7 Å². The van der Waals surface area contributed by atoms with Crippen LogP contribution < -0.4 is 0 Å². The average Bonchev–Trinajstić information content (AvgIpc) is 3.34. The molecule has 4 aromatic rings. The standard InChI is InChI=1S/C17H15N5O2S/c1-11-6-3-4-7-13(11)22-12(2)19-20-17(22)25-10-15-18-16(21-24-15)14-8-5-9-23-14/h3-9H,10H2,1-2H3. The molecule has 0 bridgehead atoms. The summed E-state index contributed by atoms with van der Waals surface area (Å²) in [4.78, 5) is 4.34. The Bertz CT molecular complexity index is 990. The number of para-hydroxylation sites is 1. The fourth-order valence-electron chi connectivity index (χ4n) is 2.47. The minimum absolute atomic E-state index is 0.442. The Morgan fingerprint density at radius 3 is 2.76 bits per heavy atom. The molecule has 3 heterocycles. The first-order chi connectivity index (χ1) is 12.2. The molecule has 8 heteroatoms. The Morgan fingerprint density at radius 1 is 1.08 bits per heavy atom. The first-order valence-corrected chi connectivity index (χ1v) is 8.68. The molecule has 0 amide bonds. The molecule has 0 saturated carbocycles. The minimum Gasteiger partial charge on any atom is -0.461 e. The molecule has 0 spiro atoms. The number of aryl methyl sites for hydroxylation is 2. The second kappa shape index (κ2) is 6.56. The van der Waals surface area contributed by atoms with E-state index >= 15 is 0 Å². The van der Waals surface area contributed by atoms with Crippen molar-refractivity contribution in [1.29, 1.82) is 0 Å². The van der Waals surface area contributed by atoms with E-state index in [1.165, 1.54) is 11.8 Å². The summed E-state index contributed by atoms with van der Waals surface area (Å²) < 4.78 is 12.6. The van der Waals surface area contributed by atoms with Gasteiger partial charge in [-0.25, -0.2) is 0 Å². The number of nitrogens with zero attached hydrogens (tertiary/aromatic N) is 5. The third kappa shape index (κ3) is 3.08. The van der Waals surface area contributed by atoms with E-state index < -0.39 is 0 Å². The summed E-state index contributed by atoms with van der Waals surface area (Å²) in [6.07, 6.45) is 1.58. The molecule has 0 N–H and O–H groups in total. The SMILES string of the molecule is Cc1ccccc1-n1c(C)nnc1SCc1nc(-c2ccco2)no1. The molecule has 0 aliphatic carbocycles. The average molecular weight is 353 g/mol. The summed E-state index contributed by atoms with van der Waals surface area (Å²) in [5.41, 5.74) is 2.22. The van der Waals surface area contributed by atoms with Gasteiger partial charge in [-0.3, -0.25) is 4.57 Å². The van der Waals surface area contributed by atoms with Crippen LogP contribution in [0.4, 0.5) is 0 Å². The molecule has 0 aliphatic heterocycles. The van der Waals surface area contributed by atoms with Crippen LogP contribution in [0.1, 0.15) is 17.3 Å². The smallest absolute Gasteiger partial charge is 0.238 e. The molecular formula is C17H15N5O2S. The molecule has 0 fully saturated rings. The van der Waals surface area contributed by atoms with Gasteiger partial charge in [-0.15, -0.1) is 10.2 Å². The van der Waals surface area contributed by atoms with E-state index in [0.29, 0.717) is 23.2 Å². The highest BCUT2D eigenvalue weighted by Crippen LogP contribution is 2.26. The first-order valence-electron chi connectivity index (χ1n) is 7.69. The van der Waals surface area contributed by atoms with E-state index in [2.05, 4.69) is 39.4 Å². The fourth-order valence-corrected chi connectivity index (χ4v) is 3.30. The fraction of sp³-hybridized carbons (Fsp3) is 0.176. The van der Waals surface area contributed by atoms with Crippen molar-refractivity contribution in [1.82, 2.24) is 24.9 Å². The number of thioether (sulfide) groups is 1. The zero-order valence-electron chi connectivity index (χ0n) is 13.7. The van der Waals surface area contributed by atoms with Crippen molar-refractivity contribution in [3.05, 3.63) is 59.9 Å². The summed E-state index contributed by atoms with van der Waals surface area (Å²) in [5, 5.41) is 13.2. The van der Waals surface area contributed by atoms with Crippen LogP contribution in [0.15, 0.2) is 56.8 Å². The van der Waals surface area contributed by atoms with Gasteiger partial charge in [0.25, 0.3) is 0 Å². The van der Waals surface area contributed by atoms with Gasteiger partial charge in [-0.05, 0) is 37.6 Å². The molecule has 0 atom stereocenters. The van der Waals surface area contributed by atoms with Crippen LogP contribution in [0.5, 0.6) is 0 Å². The van der Waals surface area contributed by atoms with Gasteiger partial charge < -0.3 is 8.94 Å². The maximum Gasteiger partial charge on any atom is 0.238 e. The van der Waals surface area contributed by atoms with E-state index in [-0.39, 0.29) is 0 Å². The van der Waals surface area contributed by atoms with Gasteiger partial charge >= 0.3 is 0 Å². The van der Waals surface area contributed by atoms with Crippen LogP contribution in [0.2, 0.25) is 0 Å². The van der Waals surface area contributed by atoms with Gasteiger partial charge in [0.05, 0.1) is 17.7 Å². The highest BCUT2D eigenvalue weighted by Gasteiger charge is 2.16. The van der Waals surface area contributed by atoms with Gasteiger partial charge in [-0.1, -0.05) is 35.1 Å². The maximum absolute atomic E-state index is 5.29. The lowest BCUT2D eigenvalue weighted by molar-refractivity contribution is 0.390. The summed E-state index contributed by atoms with van der Waals surface area (Å²) in [7, 11) is 0. The first kappa shape index (κ1) is 15.6. The molecule has 4 rings (SSSR count). The van der Waals surface area contributed by atoms with Crippen LogP contribution in [0.3, 0.4) is 0 Å². The van der Waals surface area contributed by atoms with Crippen LogP contribution in [-0.4, -0.2) is 24.9 Å². The van der Waals surface area contributed by atoms with Crippen molar-refractivity contribution in [2.24, 2.45) is 0 Å². The normalized spacial score (nSPS) is 11.1. The molecule has 1 aromatic carbocycles. The van der Waals surface area contributed by atoms with Crippen molar-refractivity contribution in [3.8, 4) is 17.3 Å². The zero-order chi connectivity index (χ0) is 17.2. The summed E-state index contributed by atoms with van der Waals surface area (Å²) >= 11 is 1.50. The lowest BCUT2D eigenvalue weighted by atomic mass is 10.2. The Labute approximate surface area is 148 Å². The minimum atomic E-state index is 0.442. The summed E-state index contributed by atoms with van der Waals surface area (Å²) in [6.45, 7) is 4.00. The molecule has 0 unspecified atom stereocenters.